The fourth-order valence-corrected chi connectivity index (χ4v) is 1.38. The molecule has 1 heterocycles. The van der Waals surface area contributed by atoms with Crippen molar-refractivity contribution >= 4 is 22.3 Å². The number of nitro benzene ring substituents is 1. The van der Waals surface area contributed by atoms with E-state index >= 15 is 0 Å². The molecular formula is C8H6N4O3. The first-order valence-corrected chi connectivity index (χ1v) is 4.00. The quantitative estimate of drug-likeness (QED) is 0.398. The largest absolute Gasteiger partial charge is 0.493 e. The van der Waals surface area contributed by atoms with Gasteiger partial charge in [0.2, 0.25) is 5.88 Å². The van der Waals surface area contributed by atoms with Crippen LogP contribution in [-0.4, -0.2) is 15.0 Å². The van der Waals surface area contributed by atoms with Gasteiger partial charge in [-0.2, -0.15) is 5.11 Å². The van der Waals surface area contributed by atoms with Crippen molar-refractivity contribution in [2.24, 2.45) is 5.11 Å². The summed E-state index contributed by atoms with van der Waals surface area (Å²) in [6.45, 7) is 0. The summed E-state index contributed by atoms with van der Waals surface area (Å²) < 4.78 is 0. The molecule has 0 saturated carbocycles. The highest BCUT2D eigenvalue weighted by molar-refractivity contribution is 5.95. The molecule has 0 unspecified atom stereocenters. The van der Waals surface area contributed by atoms with Crippen LogP contribution in [0.4, 0.5) is 11.4 Å². The van der Waals surface area contributed by atoms with Crippen molar-refractivity contribution in [3.05, 3.63) is 28.3 Å². The van der Waals surface area contributed by atoms with Gasteiger partial charge in [-0.25, -0.2) is 5.53 Å². The summed E-state index contributed by atoms with van der Waals surface area (Å²) in [5.41, 5.74) is 7.24. The zero-order chi connectivity index (χ0) is 11.0. The Morgan fingerprint density at radius 3 is 2.87 bits per heavy atom. The lowest BCUT2D eigenvalue weighted by Gasteiger charge is -1.91. The van der Waals surface area contributed by atoms with Gasteiger partial charge in [-0.1, -0.05) is 0 Å². The highest BCUT2D eigenvalue weighted by Gasteiger charge is 2.14. The van der Waals surface area contributed by atoms with Crippen LogP contribution in [0.3, 0.4) is 0 Å². The smallest absolute Gasteiger partial charge is 0.270 e. The number of aromatic nitrogens is 1. The van der Waals surface area contributed by atoms with E-state index < -0.39 is 4.92 Å². The van der Waals surface area contributed by atoms with Crippen LogP contribution in [0.25, 0.3) is 10.9 Å². The van der Waals surface area contributed by atoms with Crippen LogP contribution >= 0.6 is 0 Å². The second-order valence-corrected chi connectivity index (χ2v) is 2.92. The molecule has 0 amide bonds. The number of non-ortho nitro benzene ring substituents is 1. The molecule has 7 nitrogen and oxygen atoms in total. The van der Waals surface area contributed by atoms with E-state index in [9.17, 15) is 15.2 Å². The van der Waals surface area contributed by atoms with Crippen LogP contribution in [0.1, 0.15) is 0 Å². The molecule has 0 aliphatic carbocycles. The molecule has 15 heavy (non-hydrogen) atoms. The molecule has 2 rings (SSSR count). The summed E-state index contributed by atoms with van der Waals surface area (Å²) in [6, 6.07) is 4.03. The van der Waals surface area contributed by atoms with Crippen LogP contribution in [0.15, 0.2) is 23.3 Å². The number of nitro groups is 1. The van der Waals surface area contributed by atoms with Crippen molar-refractivity contribution in [1.29, 1.82) is 5.53 Å². The number of nitrogens with zero attached hydrogens (tertiary/aromatic N) is 2. The fraction of sp³-hybridized carbons (Fsp3) is 0. The van der Waals surface area contributed by atoms with Crippen molar-refractivity contribution in [2.75, 3.05) is 0 Å². The third-order valence-electron chi connectivity index (χ3n) is 2.06. The maximum absolute atomic E-state index is 10.5. The zero-order valence-electron chi connectivity index (χ0n) is 7.39. The number of hydrogen-bond donors (Lipinski definition) is 3. The summed E-state index contributed by atoms with van der Waals surface area (Å²) in [4.78, 5) is 12.5. The monoisotopic (exact) mass is 206 g/mol. The molecule has 0 bridgehead atoms. The molecular weight excluding hydrogens is 200 g/mol. The molecule has 7 heteroatoms. The summed E-state index contributed by atoms with van der Waals surface area (Å²) in [5, 5.41) is 23.3. The van der Waals surface area contributed by atoms with Crippen LogP contribution in [0.2, 0.25) is 0 Å². The average molecular weight is 206 g/mol. The van der Waals surface area contributed by atoms with Crippen LogP contribution in [-0.2, 0) is 0 Å². The first-order valence-electron chi connectivity index (χ1n) is 4.00. The third-order valence-corrected chi connectivity index (χ3v) is 2.06. The van der Waals surface area contributed by atoms with Gasteiger partial charge in [-0.3, -0.25) is 10.1 Å². The molecule has 0 saturated heterocycles. The van der Waals surface area contributed by atoms with Crippen molar-refractivity contribution in [2.45, 2.75) is 0 Å². The lowest BCUT2D eigenvalue weighted by Crippen LogP contribution is -1.86. The molecule has 3 N–H and O–H groups in total. The van der Waals surface area contributed by atoms with Crippen molar-refractivity contribution in [3.63, 3.8) is 0 Å². The van der Waals surface area contributed by atoms with E-state index in [1.54, 1.807) is 0 Å². The predicted molar refractivity (Wildman–Crippen MR) is 51.4 cm³/mol. The van der Waals surface area contributed by atoms with E-state index in [4.69, 9.17) is 5.53 Å². The van der Waals surface area contributed by atoms with E-state index in [1.165, 1.54) is 18.2 Å². The van der Waals surface area contributed by atoms with Crippen molar-refractivity contribution in [1.82, 2.24) is 4.98 Å². The van der Waals surface area contributed by atoms with E-state index in [0.717, 1.165) is 0 Å². The van der Waals surface area contributed by atoms with Gasteiger partial charge >= 0.3 is 0 Å². The van der Waals surface area contributed by atoms with E-state index in [1.807, 2.05) is 0 Å². The van der Waals surface area contributed by atoms with E-state index in [0.29, 0.717) is 10.9 Å². The molecule has 0 radical (unpaired) electrons. The Morgan fingerprint density at radius 2 is 2.27 bits per heavy atom. The minimum Gasteiger partial charge on any atom is -0.493 e. The summed E-state index contributed by atoms with van der Waals surface area (Å²) in [7, 11) is 0. The number of H-pyrrole nitrogens is 1. The molecule has 0 atom stereocenters. The van der Waals surface area contributed by atoms with Gasteiger partial charge in [0.1, 0.15) is 0 Å². The van der Waals surface area contributed by atoms with Crippen LogP contribution in [0, 0.1) is 15.6 Å². The highest BCUT2D eigenvalue weighted by Crippen LogP contribution is 2.36. The second kappa shape index (κ2) is 3.05. The molecule has 1 aromatic carbocycles. The summed E-state index contributed by atoms with van der Waals surface area (Å²) >= 11 is 0. The van der Waals surface area contributed by atoms with Crippen LogP contribution < -0.4 is 0 Å². The van der Waals surface area contributed by atoms with Crippen molar-refractivity contribution < 1.29 is 10.0 Å². The molecule has 0 aliphatic heterocycles. The lowest BCUT2D eigenvalue weighted by atomic mass is 10.2. The van der Waals surface area contributed by atoms with Gasteiger partial charge in [-0.05, 0) is 6.07 Å². The van der Waals surface area contributed by atoms with Gasteiger partial charge in [0.05, 0.1) is 10.4 Å². The Morgan fingerprint density at radius 1 is 1.53 bits per heavy atom. The Balaban J connectivity index is 2.78. The van der Waals surface area contributed by atoms with Crippen LogP contribution in [0.5, 0.6) is 5.88 Å². The number of aromatic hydroxyl groups is 1. The molecule has 1 aromatic heterocycles. The second-order valence-electron chi connectivity index (χ2n) is 2.92. The molecule has 76 valence electrons. The standard InChI is InChI=1S/C8H6N4O3/c9-11-7-5-3-4(12(14)15)1-2-6(5)10-8(7)13/h1-3,9-10,13H. The molecule has 0 aliphatic rings. The molecule has 0 fully saturated rings. The zero-order valence-corrected chi connectivity index (χ0v) is 7.39. The topological polar surface area (TPSA) is 115 Å². The Hall–Kier alpha value is -2.44. The van der Waals surface area contributed by atoms with Gasteiger partial charge < -0.3 is 10.1 Å². The fourth-order valence-electron chi connectivity index (χ4n) is 1.38. The van der Waals surface area contributed by atoms with Gasteiger partial charge in [0, 0.05) is 17.5 Å². The van der Waals surface area contributed by atoms with Gasteiger partial charge in [0.15, 0.2) is 5.69 Å². The van der Waals surface area contributed by atoms with Crippen molar-refractivity contribution in [3.8, 4) is 5.88 Å². The van der Waals surface area contributed by atoms with Gasteiger partial charge in [0.25, 0.3) is 5.69 Å². The Bertz CT molecular complexity index is 560. The first-order chi connectivity index (χ1) is 7.13. The number of nitrogens with one attached hydrogen (secondary N) is 2. The maximum atomic E-state index is 10.5. The number of benzene rings is 1. The minimum absolute atomic E-state index is 0.00806. The average Bonchev–Trinajstić information content (AvgIpc) is 2.51. The summed E-state index contributed by atoms with van der Waals surface area (Å²) in [5.74, 6) is -0.263. The van der Waals surface area contributed by atoms with Gasteiger partial charge in [-0.15, -0.1) is 0 Å². The van der Waals surface area contributed by atoms with E-state index in [-0.39, 0.29) is 17.3 Å². The van der Waals surface area contributed by atoms with E-state index in [2.05, 4.69) is 10.1 Å². The number of rotatable bonds is 2. The Kier molecular flexibility index (Phi) is 1.86. The number of hydrogen-bond acceptors (Lipinski definition) is 5. The molecule has 0 spiro atoms. The SMILES string of the molecule is N=Nc1c(O)[nH]c2ccc([N+](=O)[O-])cc12. The number of fused-ring (bicyclic) bond motifs is 1. The minimum atomic E-state index is -0.544. The normalized spacial score (nSPS) is 10.4. The number of aromatic amines is 1. The third kappa shape index (κ3) is 1.30. The predicted octanol–water partition coefficient (Wildman–Crippen LogP) is 2.44. The Labute approximate surface area is 83.0 Å². The lowest BCUT2D eigenvalue weighted by molar-refractivity contribution is -0.384. The highest BCUT2D eigenvalue weighted by atomic mass is 16.6. The first kappa shape index (κ1) is 9.13. The summed E-state index contributed by atoms with van der Waals surface area (Å²) in [6.07, 6.45) is 0. The molecule has 2 aromatic rings. The maximum Gasteiger partial charge on any atom is 0.270 e.